The normalized spacial score (nSPS) is 15.2. The maximum atomic E-state index is 6.11. The highest BCUT2D eigenvalue weighted by Gasteiger charge is 2.14. The number of aryl methyl sites for hydroxylation is 1. The Bertz CT molecular complexity index is 633. The highest BCUT2D eigenvalue weighted by Crippen LogP contribution is 2.30. The van der Waals surface area contributed by atoms with Gasteiger partial charge in [0.1, 0.15) is 0 Å². The lowest BCUT2D eigenvalue weighted by Crippen LogP contribution is -2.26. The first-order valence-corrected chi connectivity index (χ1v) is 7.64. The highest BCUT2D eigenvalue weighted by molar-refractivity contribution is 6.30. The number of benzene rings is 2. The molecule has 1 aliphatic rings. The molecule has 0 fully saturated rings. The summed E-state index contributed by atoms with van der Waals surface area (Å²) in [7, 11) is 2.19. The molecule has 0 amide bonds. The molecule has 0 spiro atoms. The molecule has 3 rings (SSSR count). The van der Waals surface area contributed by atoms with Crippen molar-refractivity contribution in [2.24, 2.45) is 0 Å². The van der Waals surface area contributed by atoms with Crippen LogP contribution in [0.3, 0.4) is 0 Å². The lowest BCUT2D eigenvalue weighted by molar-refractivity contribution is 0.313. The summed E-state index contributed by atoms with van der Waals surface area (Å²) in [4.78, 5) is 2.38. The zero-order chi connectivity index (χ0) is 14.1. The third kappa shape index (κ3) is 2.61. The number of rotatable bonds is 2. The molecule has 2 aromatic carbocycles. The van der Waals surface area contributed by atoms with Gasteiger partial charge in [0.05, 0.1) is 0 Å². The van der Waals surface area contributed by atoms with Gasteiger partial charge in [0.15, 0.2) is 0 Å². The minimum absolute atomic E-state index is 0.824. The van der Waals surface area contributed by atoms with Gasteiger partial charge in [-0.1, -0.05) is 42.8 Å². The molecular weight excluding hydrogens is 266 g/mol. The van der Waals surface area contributed by atoms with Crippen LogP contribution < -0.4 is 0 Å². The third-order valence-corrected chi connectivity index (χ3v) is 4.40. The minimum atomic E-state index is 0.824. The molecule has 2 aromatic rings. The van der Waals surface area contributed by atoms with Gasteiger partial charge in [-0.25, -0.2) is 0 Å². The van der Waals surface area contributed by atoms with E-state index in [-0.39, 0.29) is 0 Å². The van der Waals surface area contributed by atoms with Crippen molar-refractivity contribution in [1.29, 1.82) is 0 Å². The van der Waals surface area contributed by atoms with Crippen LogP contribution in [0.15, 0.2) is 36.4 Å². The van der Waals surface area contributed by atoms with Crippen LogP contribution in [0.2, 0.25) is 5.02 Å². The van der Waals surface area contributed by atoms with Gasteiger partial charge in [0.2, 0.25) is 0 Å². The minimum Gasteiger partial charge on any atom is -0.302 e. The first kappa shape index (κ1) is 13.7. The van der Waals surface area contributed by atoms with E-state index < -0.39 is 0 Å². The van der Waals surface area contributed by atoms with Gasteiger partial charge in [-0.15, -0.1) is 0 Å². The fourth-order valence-corrected chi connectivity index (χ4v) is 3.19. The number of fused-ring (bicyclic) bond motifs is 1. The molecule has 0 atom stereocenters. The molecule has 1 aliphatic heterocycles. The number of likely N-dealkylation sites (N-methyl/N-ethyl adjacent to an activating group) is 1. The summed E-state index contributed by atoms with van der Waals surface area (Å²) in [5.41, 5.74) is 6.93. The van der Waals surface area contributed by atoms with E-state index in [0.717, 1.165) is 31.0 Å². The van der Waals surface area contributed by atoms with E-state index in [9.17, 15) is 0 Å². The number of hydrogen-bond acceptors (Lipinski definition) is 1. The highest BCUT2D eigenvalue weighted by atomic mass is 35.5. The maximum absolute atomic E-state index is 6.11. The van der Waals surface area contributed by atoms with Gasteiger partial charge >= 0.3 is 0 Å². The largest absolute Gasteiger partial charge is 0.302 e. The van der Waals surface area contributed by atoms with Crippen LogP contribution in [0.4, 0.5) is 0 Å². The van der Waals surface area contributed by atoms with Gasteiger partial charge in [-0.05, 0) is 59.8 Å². The van der Waals surface area contributed by atoms with Gasteiger partial charge in [-0.3, -0.25) is 0 Å². The fraction of sp³-hybridized carbons (Fsp3) is 0.333. The van der Waals surface area contributed by atoms with E-state index in [4.69, 9.17) is 11.6 Å². The molecule has 104 valence electrons. The standard InChI is InChI=1S/C18H20ClN/c1-3-13-11-17(19)6-7-18(13)15-4-5-16-12-20(2)9-8-14(16)10-15/h4-7,10-11H,3,8-9,12H2,1-2H3. The van der Waals surface area contributed by atoms with E-state index in [1.807, 2.05) is 6.07 Å². The number of halogens is 1. The van der Waals surface area contributed by atoms with E-state index in [0.29, 0.717) is 0 Å². The molecule has 0 aliphatic carbocycles. The van der Waals surface area contributed by atoms with Crippen molar-refractivity contribution in [3.63, 3.8) is 0 Å². The maximum Gasteiger partial charge on any atom is 0.0409 e. The van der Waals surface area contributed by atoms with Gasteiger partial charge in [-0.2, -0.15) is 0 Å². The quantitative estimate of drug-likeness (QED) is 0.782. The van der Waals surface area contributed by atoms with Crippen LogP contribution in [0.1, 0.15) is 23.6 Å². The van der Waals surface area contributed by atoms with E-state index in [1.54, 1.807) is 0 Å². The van der Waals surface area contributed by atoms with Crippen molar-refractivity contribution >= 4 is 11.6 Å². The first-order valence-electron chi connectivity index (χ1n) is 7.26. The van der Waals surface area contributed by atoms with Crippen LogP contribution in [0, 0.1) is 0 Å². The second-order valence-corrected chi connectivity index (χ2v) is 6.06. The monoisotopic (exact) mass is 285 g/mol. The van der Waals surface area contributed by atoms with Crippen molar-refractivity contribution in [1.82, 2.24) is 4.90 Å². The Morgan fingerprint density at radius 3 is 2.75 bits per heavy atom. The Morgan fingerprint density at radius 2 is 1.95 bits per heavy atom. The van der Waals surface area contributed by atoms with Crippen molar-refractivity contribution in [3.8, 4) is 11.1 Å². The Hall–Kier alpha value is -1.31. The van der Waals surface area contributed by atoms with Crippen LogP contribution in [-0.4, -0.2) is 18.5 Å². The number of hydrogen-bond donors (Lipinski definition) is 0. The Labute approximate surface area is 126 Å². The van der Waals surface area contributed by atoms with Crippen molar-refractivity contribution < 1.29 is 0 Å². The average Bonchev–Trinajstić information content (AvgIpc) is 2.46. The summed E-state index contributed by atoms with van der Waals surface area (Å²) < 4.78 is 0. The van der Waals surface area contributed by atoms with E-state index in [1.165, 1.54) is 27.8 Å². The lowest BCUT2D eigenvalue weighted by Gasteiger charge is -2.25. The van der Waals surface area contributed by atoms with Crippen LogP contribution in [-0.2, 0) is 19.4 Å². The summed E-state index contributed by atoms with van der Waals surface area (Å²) in [6.07, 6.45) is 2.16. The molecule has 0 N–H and O–H groups in total. The van der Waals surface area contributed by atoms with Gasteiger partial charge < -0.3 is 4.90 Å². The Kier molecular flexibility index (Phi) is 3.82. The second-order valence-electron chi connectivity index (χ2n) is 5.63. The second kappa shape index (κ2) is 5.59. The van der Waals surface area contributed by atoms with Gasteiger partial charge in [0.25, 0.3) is 0 Å². The molecule has 0 saturated carbocycles. The SMILES string of the molecule is CCc1cc(Cl)ccc1-c1ccc2c(c1)CCN(C)C2. The summed E-state index contributed by atoms with van der Waals surface area (Å²) in [6.45, 7) is 4.40. The van der Waals surface area contributed by atoms with E-state index >= 15 is 0 Å². The predicted octanol–water partition coefficient (Wildman–Crippen LogP) is 4.56. The Morgan fingerprint density at radius 1 is 1.10 bits per heavy atom. The van der Waals surface area contributed by atoms with Crippen molar-refractivity contribution in [2.75, 3.05) is 13.6 Å². The van der Waals surface area contributed by atoms with Crippen LogP contribution >= 0.6 is 11.6 Å². The first-order chi connectivity index (χ1) is 9.67. The Balaban J connectivity index is 2.03. The molecule has 0 bridgehead atoms. The molecular formula is C18H20ClN. The zero-order valence-electron chi connectivity index (χ0n) is 12.1. The molecule has 2 heteroatoms. The molecule has 0 saturated heterocycles. The topological polar surface area (TPSA) is 3.24 Å². The van der Waals surface area contributed by atoms with Crippen LogP contribution in [0.5, 0.6) is 0 Å². The molecule has 1 heterocycles. The van der Waals surface area contributed by atoms with Crippen molar-refractivity contribution in [2.45, 2.75) is 26.3 Å². The molecule has 0 radical (unpaired) electrons. The third-order valence-electron chi connectivity index (χ3n) is 4.17. The van der Waals surface area contributed by atoms with Crippen molar-refractivity contribution in [3.05, 3.63) is 58.1 Å². The summed E-state index contributed by atoms with van der Waals surface area (Å²) in [6, 6.07) is 13.1. The molecule has 1 nitrogen and oxygen atoms in total. The summed E-state index contributed by atoms with van der Waals surface area (Å²) in [5.74, 6) is 0. The van der Waals surface area contributed by atoms with E-state index in [2.05, 4.69) is 49.2 Å². The smallest absolute Gasteiger partial charge is 0.0409 e. The van der Waals surface area contributed by atoms with Crippen LogP contribution in [0.25, 0.3) is 11.1 Å². The zero-order valence-corrected chi connectivity index (χ0v) is 12.9. The molecule has 0 aromatic heterocycles. The summed E-state index contributed by atoms with van der Waals surface area (Å²) in [5, 5.41) is 0.824. The average molecular weight is 286 g/mol. The lowest BCUT2D eigenvalue weighted by atomic mass is 9.92. The van der Waals surface area contributed by atoms with Gasteiger partial charge in [0, 0.05) is 18.1 Å². The predicted molar refractivity (Wildman–Crippen MR) is 86.3 cm³/mol. The number of nitrogens with zero attached hydrogens (tertiary/aromatic N) is 1. The summed E-state index contributed by atoms with van der Waals surface area (Å²) >= 11 is 6.11. The fourth-order valence-electron chi connectivity index (χ4n) is 3.00. The molecule has 0 unspecified atom stereocenters. The molecule has 20 heavy (non-hydrogen) atoms.